The van der Waals surface area contributed by atoms with Crippen molar-refractivity contribution in [1.82, 2.24) is 5.32 Å². The molecule has 62 valence electrons. The highest BCUT2D eigenvalue weighted by atomic mass is 16.5. The first-order chi connectivity index (χ1) is 5.36. The quantitative estimate of drug-likeness (QED) is 0.592. The Hall–Kier alpha value is -0.590. The first-order valence-corrected chi connectivity index (χ1v) is 3.96. The van der Waals surface area contributed by atoms with Gasteiger partial charge in [0.05, 0.1) is 12.1 Å². The monoisotopic (exact) mass is 154 g/mol. The molecule has 2 unspecified atom stereocenters. The van der Waals surface area contributed by atoms with Crippen LogP contribution in [0.2, 0.25) is 0 Å². The van der Waals surface area contributed by atoms with Crippen molar-refractivity contribution in [3.05, 3.63) is 11.4 Å². The van der Waals surface area contributed by atoms with E-state index in [1.165, 1.54) is 0 Å². The number of hydrogen-bond donors (Lipinski definition) is 1. The molecule has 1 fully saturated rings. The van der Waals surface area contributed by atoms with Gasteiger partial charge in [-0.05, 0) is 12.8 Å². The number of piperidine rings is 1. The van der Waals surface area contributed by atoms with Crippen LogP contribution >= 0.6 is 0 Å². The summed E-state index contributed by atoms with van der Waals surface area (Å²) in [5.74, 6) is 0. The molecule has 1 aliphatic rings. The van der Waals surface area contributed by atoms with Crippen molar-refractivity contribution in [3.8, 4) is 0 Å². The molecule has 3 heteroatoms. The van der Waals surface area contributed by atoms with Crippen LogP contribution in [0.5, 0.6) is 0 Å². The van der Waals surface area contributed by atoms with Crippen molar-refractivity contribution in [2.45, 2.75) is 25.0 Å². The number of hydrogen-bond acceptors (Lipinski definition) is 2. The van der Waals surface area contributed by atoms with Gasteiger partial charge in [0.2, 0.25) is 6.54 Å². The van der Waals surface area contributed by atoms with Gasteiger partial charge in [0.15, 0.2) is 0 Å². The standard InChI is InChI=1S/C8H14N2O/c1-9-5-7-3-4-8(11-2)6-10-7/h7-8,10H,3-6H2,2H3. The molecule has 0 aromatic carbocycles. The Labute approximate surface area is 67.6 Å². The minimum Gasteiger partial charge on any atom is -0.380 e. The van der Waals surface area contributed by atoms with E-state index in [1.807, 2.05) is 0 Å². The van der Waals surface area contributed by atoms with Gasteiger partial charge in [-0.3, -0.25) is 0 Å². The lowest BCUT2D eigenvalue weighted by Crippen LogP contribution is -2.43. The van der Waals surface area contributed by atoms with E-state index in [0.717, 1.165) is 19.4 Å². The van der Waals surface area contributed by atoms with Crippen LogP contribution in [-0.4, -0.2) is 32.3 Å². The normalized spacial score (nSPS) is 31.3. The van der Waals surface area contributed by atoms with Gasteiger partial charge in [-0.25, -0.2) is 6.57 Å². The van der Waals surface area contributed by atoms with Gasteiger partial charge in [0, 0.05) is 13.7 Å². The lowest BCUT2D eigenvalue weighted by molar-refractivity contribution is 0.0721. The van der Waals surface area contributed by atoms with Crippen molar-refractivity contribution in [3.63, 3.8) is 0 Å². The number of methoxy groups -OCH3 is 1. The molecular formula is C8H14N2O. The van der Waals surface area contributed by atoms with E-state index in [1.54, 1.807) is 7.11 Å². The molecule has 11 heavy (non-hydrogen) atoms. The highest BCUT2D eigenvalue weighted by Crippen LogP contribution is 2.10. The largest absolute Gasteiger partial charge is 0.380 e. The molecule has 1 N–H and O–H groups in total. The van der Waals surface area contributed by atoms with E-state index in [-0.39, 0.29) is 0 Å². The van der Waals surface area contributed by atoms with E-state index in [0.29, 0.717) is 18.7 Å². The fourth-order valence-electron chi connectivity index (χ4n) is 1.36. The molecule has 0 aromatic rings. The lowest BCUT2D eigenvalue weighted by atomic mass is 10.0. The average Bonchev–Trinajstić information content (AvgIpc) is 2.07. The summed E-state index contributed by atoms with van der Waals surface area (Å²) in [5, 5.41) is 3.28. The van der Waals surface area contributed by atoms with Gasteiger partial charge < -0.3 is 14.9 Å². The molecule has 3 nitrogen and oxygen atoms in total. The van der Waals surface area contributed by atoms with E-state index in [2.05, 4.69) is 10.2 Å². The van der Waals surface area contributed by atoms with Gasteiger partial charge in [-0.1, -0.05) is 0 Å². The molecule has 0 amide bonds. The minimum absolute atomic E-state index is 0.358. The summed E-state index contributed by atoms with van der Waals surface area (Å²) in [6, 6.07) is 0.402. The molecule has 1 rings (SSSR count). The van der Waals surface area contributed by atoms with Gasteiger partial charge in [-0.2, -0.15) is 0 Å². The summed E-state index contributed by atoms with van der Waals surface area (Å²) >= 11 is 0. The maximum Gasteiger partial charge on any atom is 0.229 e. The lowest BCUT2D eigenvalue weighted by Gasteiger charge is -2.25. The zero-order valence-electron chi connectivity index (χ0n) is 6.84. The summed E-state index contributed by atoms with van der Waals surface area (Å²) in [4.78, 5) is 3.36. The zero-order chi connectivity index (χ0) is 8.10. The fourth-order valence-corrected chi connectivity index (χ4v) is 1.36. The zero-order valence-corrected chi connectivity index (χ0v) is 6.84. The highest BCUT2D eigenvalue weighted by Gasteiger charge is 2.21. The van der Waals surface area contributed by atoms with E-state index in [9.17, 15) is 0 Å². The Morgan fingerprint density at radius 2 is 2.45 bits per heavy atom. The second kappa shape index (κ2) is 4.32. The maximum absolute atomic E-state index is 6.69. The van der Waals surface area contributed by atoms with Gasteiger partial charge in [0.25, 0.3) is 0 Å². The van der Waals surface area contributed by atoms with Gasteiger partial charge in [-0.15, -0.1) is 0 Å². The smallest absolute Gasteiger partial charge is 0.229 e. The van der Waals surface area contributed by atoms with Crippen LogP contribution in [0.1, 0.15) is 12.8 Å². The fraction of sp³-hybridized carbons (Fsp3) is 0.875. The van der Waals surface area contributed by atoms with Crippen molar-refractivity contribution in [1.29, 1.82) is 0 Å². The van der Waals surface area contributed by atoms with E-state index in [4.69, 9.17) is 11.3 Å². The van der Waals surface area contributed by atoms with Crippen LogP contribution in [0.25, 0.3) is 4.85 Å². The third kappa shape index (κ3) is 2.49. The molecule has 0 spiro atoms. The van der Waals surface area contributed by atoms with Crippen LogP contribution in [-0.2, 0) is 4.74 Å². The summed E-state index contributed by atoms with van der Waals surface area (Å²) in [7, 11) is 1.74. The minimum atomic E-state index is 0.358. The molecule has 0 saturated carbocycles. The molecule has 0 bridgehead atoms. The predicted octanol–water partition coefficient (Wildman–Crippen LogP) is 0.673. The Morgan fingerprint density at radius 1 is 1.64 bits per heavy atom. The van der Waals surface area contributed by atoms with Crippen LogP contribution in [0.15, 0.2) is 0 Å². The maximum atomic E-state index is 6.69. The second-order valence-electron chi connectivity index (χ2n) is 2.88. The highest BCUT2D eigenvalue weighted by molar-refractivity contribution is 4.83. The third-order valence-corrected chi connectivity index (χ3v) is 2.12. The summed E-state index contributed by atoms with van der Waals surface area (Å²) in [6.07, 6.45) is 2.52. The molecule has 0 aromatic heterocycles. The first-order valence-electron chi connectivity index (χ1n) is 3.96. The Bertz CT molecular complexity index is 145. The number of ether oxygens (including phenoxy) is 1. The van der Waals surface area contributed by atoms with Gasteiger partial charge in [0.1, 0.15) is 0 Å². The Balaban J connectivity index is 2.20. The van der Waals surface area contributed by atoms with E-state index < -0.39 is 0 Å². The van der Waals surface area contributed by atoms with Crippen LogP contribution in [0.3, 0.4) is 0 Å². The topological polar surface area (TPSA) is 25.6 Å². The number of nitrogens with zero attached hydrogens (tertiary/aromatic N) is 1. The molecular weight excluding hydrogens is 140 g/mol. The summed E-state index contributed by atoms with van der Waals surface area (Å²) in [5.41, 5.74) is 0. The predicted molar refractivity (Wildman–Crippen MR) is 43.3 cm³/mol. The Kier molecular flexibility index (Phi) is 3.34. The summed E-state index contributed by atoms with van der Waals surface area (Å²) < 4.78 is 5.18. The molecule has 0 radical (unpaired) electrons. The molecule has 1 saturated heterocycles. The average molecular weight is 154 g/mol. The van der Waals surface area contributed by atoms with E-state index >= 15 is 0 Å². The van der Waals surface area contributed by atoms with Crippen molar-refractivity contribution < 1.29 is 4.74 Å². The van der Waals surface area contributed by atoms with Crippen molar-refractivity contribution in [2.75, 3.05) is 20.2 Å². The number of rotatable bonds is 2. The van der Waals surface area contributed by atoms with Crippen LogP contribution in [0.4, 0.5) is 0 Å². The van der Waals surface area contributed by atoms with Crippen molar-refractivity contribution >= 4 is 0 Å². The molecule has 2 atom stereocenters. The second-order valence-corrected chi connectivity index (χ2v) is 2.88. The molecule has 1 heterocycles. The molecule has 0 aliphatic carbocycles. The third-order valence-electron chi connectivity index (χ3n) is 2.12. The van der Waals surface area contributed by atoms with Crippen LogP contribution in [0, 0.1) is 6.57 Å². The summed E-state index contributed by atoms with van der Waals surface area (Å²) in [6.45, 7) is 8.19. The van der Waals surface area contributed by atoms with Crippen LogP contribution < -0.4 is 5.32 Å². The van der Waals surface area contributed by atoms with Gasteiger partial charge >= 0.3 is 0 Å². The SMILES string of the molecule is [C-]#[N+]CC1CCC(OC)CN1. The molecule has 1 aliphatic heterocycles. The Morgan fingerprint density at radius 3 is 2.91 bits per heavy atom. The van der Waals surface area contributed by atoms with Crippen molar-refractivity contribution in [2.24, 2.45) is 0 Å². The number of nitrogens with one attached hydrogen (secondary N) is 1. The first kappa shape index (κ1) is 8.51.